The van der Waals surface area contributed by atoms with E-state index >= 15 is 0 Å². The number of hydrogen-bond acceptors (Lipinski definition) is 2. The van der Waals surface area contributed by atoms with Crippen LogP contribution in [0.1, 0.15) is 72.2 Å². The Morgan fingerprint density at radius 3 is 0.986 bits per heavy atom. The first-order valence-corrected chi connectivity index (χ1v) is 24.3. The van der Waals surface area contributed by atoms with Gasteiger partial charge in [-0.3, -0.25) is 0 Å². The maximum Gasteiger partial charge on any atom is 0.0715 e. The average Bonchev–Trinajstić information content (AvgIpc) is 3.92. The van der Waals surface area contributed by atoms with Crippen LogP contribution in [0.4, 0.5) is 34.1 Å². The first-order chi connectivity index (χ1) is 33.7. The van der Waals surface area contributed by atoms with E-state index in [2.05, 4.69) is 280 Å². The smallest absolute Gasteiger partial charge is 0.0715 e. The number of rotatable bonds is 8. The van der Waals surface area contributed by atoms with Gasteiger partial charge in [-0.25, -0.2) is 0 Å². The molecular weight excluding hydrogens is 833 g/mol. The first kappa shape index (κ1) is 41.0. The molecular formula is C67H52N2. The topological polar surface area (TPSA) is 6.48 Å². The predicted octanol–water partition coefficient (Wildman–Crippen LogP) is 17.6. The standard InChI is InChI=1S/C67H52N2/c1-65(2)59-32-18-14-28-53(59)57-38-36-49(43-63(57)65)68(47-24-10-6-11-25-47)51-40-46(67(45-22-8-5-9-23-45)61-34-20-16-30-55(61)56-31-17-21-35-62(56)67)41-52(42-51)69(48-26-12-7-13-27-48)50-37-39-58-54-29-15-19-33-60(54)66(3,4)64(58)44-50/h5-44H,1-4H3. The fourth-order valence-electron chi connectivity index (χ4n) is 12.5. The number of hydrogen-bond donors (Lipinski definition) is 0. The second-order valence-corrected chi connectivity index (χ2v) is 20.1. The van der Waals surface area contributed by atoms with E-state index in [4.69, 9.17) is 0 Å². The van der Waals surface area contributed by atoms with Gasteiger partial charge in [0.2, 0.25) is 0 Å². The van der Waals surface area contributed by atoms with Gasteiger partial charge in [0.05, 0.1) is 5.41 Å². The molecule has 69 heavy (non-hydrogen) atoms. The van der Waals surface area contributed by atoms with Gasteiger partial charge >= 0.3 is 0 Å². The normalized spacial score (nSPS) is 14.7. The van der Waals surface area contributed by atoms with Gasteiger partial charge in [-0.2, -0.15) is 0 Å². The zero-order chi connectivity index (χ0) is 46.5. The van der Waals surface area contributed by atoms with E-state index in [0.717, 1.165) is 34.1 Å². The summed E-state index contributed by atoms with van der Waals surface area (Å²) in [6.07, 6.45) is 0. The molecule has 2 heteroatoms. The Morgan fingerprint density at radius 2 is 0.565 bits per heavy atom. The Kier molecular flexibility index (Phi) is 9.17. The number of para-hydroxylation sites is 2. The summed E-state index contributed by atoms with van der Waals surface area (Å²) < 4.78 is 0. The lowest BCUT2D eigenvalue weighted by molar-refractivity contribution is 0.660. The van der Waals surface area contributed by atoms with Crippen molar-refractivity contribution in [2.45, 2.75) is 43.9 Å². The summed E-state index contributed by atoms with van der Waals surface area (Å²) in [6.45, 7) is 9.50. The molecule has 0 spiro atoms. The molecule has 10 aromatic carbocycles. The van der Waals surface area contributed by atoms with Crippen molar-refractivity contribution in [3.05, 3.63) is 287 Å². The Bertz CT molecular complexity index is 3410. The van der Waals surface area contributed by atoms with Crippen molar-refractivity contribution >= 4 is 34.1 Å². The number of fused-ring (bicyclic) bond motifs is 9. The van der Waals surface area contributed by atoms with Crippen LogP contribution in [-0.2, 0) is 16.2 Å². The van der Waals surface area contributed by atoms with Crippen LogP contribution < -0.4 is 9.80 Å². The van der Waals surface area contributed by atoms with Crippen LogP contribution in [-0.4, -0.2) is 0 Å². The van der Waals surface area contributed by atoms with Gasteiger partial charge in [0.15, 0.2) is 0 Å². The molecule has 13 rings (SSSR count). The van der Waals surface area contributed by atoms with Crippen LogP contribution >= 0.6 is 0 Å². The van der Waals surface area contributed by atoms with Gasteiger partial charge in [0.1, 0.15) is 0 Å². The molecule has 0 heterocycles. The fourth-order valence-corrected chi connectivity index (χ4v) is 12.5. The van der Waals surface area contributed by atoms with Gasteiger partial charge in [-0.1, -0.05) is 204 Å². The number of benzene rings is 10. The monoisotopic (exact) mass is 884 g/mol. The van der Waals surface area contributed by atoms with Crippen molar-refractivity contribution in [3.63, 3.8) is 0 Å². The van der Waals surface area contributed by atoms with Crippen LogP contribution in [0.5, 0.6) is 0 Å². The minimum absolute atomic E-state index is 0.170. The third kappa shape index (κ3) is 6.04. The predicted molar refractivity (Wildman–Crippen MR) is 288 cm³/mol. The average molecular weight is 885 g/mol. The molecule has 3 aliphatic rings. The highest BCUT2D eigenvalue weighted by atomic mass is 15.2. The second-order valence-electron chi connectivity index (χ2n) is 20.1. The van der Waals surface area contributed by atoms with Crippen molar-refractivity contribution in [2.75, 3.05) is 9.80 Å². The lowest BCUT2D eigenvalue weighted by Gasteiger charge is -2.37. The van der Waals surface area contributed by atoms with Crippen LogP contribution in [0.3, 0.4) is 0 Å². The molecule has 0 radical (unpaired) electrons. The van der Waals surface area contributed by atoms with E-state index in [9.17, 15) is 0 Å². The maximum atomic E-state index is 2.49. The van der Waals surface area contributed by atoms with Gasteiger partial charge in [0, 0.05) is 45.0 Å². The zero-order valence-corrected chi connectivity index (χ0v) is 39.5. The summed E-state index contributed by atoms with van der Waals surface area (Å²) in [6, 6.07) is 90.8. The molecule has 0 atom stereocenters. The Labute approximate surface area is 406 Å². The molecule has 0 aromatic heterocycles. The van der Waals surface area contributed by atoms with Crippen molar-refractivity contribution in [1.82, 2.24) is 0 Å². The summed E-state index contributed by atoms with van der Waals surface area (Å²) >= 11 is 0. The van der Waals surface area contributed by atoms with E-state index in [0.29, 0.717) is 0 Å². The molecule has 0 aliphatic heterocycles. The highest BCUT2D eigenvalue weighted by molar-refractivity contribution is 5.92. The Hall–Kier alpha value is -8.20. The molecule has 330 valence electrons. The van der Waals surface area contributed by atoms with Crippen LogP contribution in [0, 0.1) is 0 Å². The van der Waals surface area contributed by atoms with Crippen molar-refractivity contribution in [1.29, 1.82) is 0 Å². The molecule has 0 saturated heterocycles. The quantitative estimate of drug-likeness (QED) is 0.150. The molecule has 2 nitrogen and oxygen atoms in total. The van der Waals surface area contributed by atoms with Gasteiger partial charge in [0.25, 0.3) is 0 Å². The number of nitrogens with zero attached hydrogens (tertiary/aromatic N) is 2. The summed E-state index contributed by atoms with van der Waals surface area (Å²) in [4.78, 5) is 4.98. The Balaban J connectivity index is 1.12. The molecule has 3 aliphatic carbocycles. The minimum atomic E-state index is -0.646. The van der Waals surface area contributed by atoms with Crippen molar-refractivity contribution in [3.8, 4) is 33.4 Å². The van der Waals surface area contributed by atoms with Crippen molar-refractivity contribution in [2.24, 2.45) is 0 Å². The summed E-state index contributed by atoms with van der Waals surface area (Å²) in [5.41, 5.74) is 23.8. The lowest BCUT2D eigenvalue weighted by atomic mass is 9.67. The third-order valence-corrected chi connectivity index (χ3v) is 15.7. The van der Waals surface area contributed by atoms with E-state index in [-0.39, 0.29) is 10.8 Å². The van der Waals surface area contributed by atoms with Crippen LogP contribution in [0.25, 0.3) is 33.4 Å². The first-order valence-electron chi connectivity index (χ1n) is 24.3. The summed E-state index contributed by atoms with van der Waals surface area (Å²) in [5, 5.41) is 0. The largest absolute Gasteiger partial charge is 0.310 e. The van der Waals surface area contributed by atoms with E-state index in [1.807, 2.05) is 0 Å². The maximum absolute atomic E-state index is 2.49. The van der Waals surface area contributed by atoms with Crippen molar-refractivity contribution < 1.29 is 0 Å². The minimum Gasteiger partial charge on any atom is -0.310 e. The van der Waals surface area contributed by atoms with Gasteiger partial charge in [-0.15, -0.1) is 0 Å². The highest BCUT2D eigenvalue weighted by Gasteiger charge is 2.47. The van der Waals surface area contributed by atoms with Crippen LogP contribution in [0.15, 0.2) is 243 Å². The third-order valence-electron chi connectivity index (χ3n) is 15.7. The lowest BCUT2D eigenvalue weighted by Crippen LogP contribution is -2.29. The SMILES string of the molecule is CC1(C)c2ccccc2-c2ccc(N(c3ccccc3)c3cc(N(c4ccccc4)c4ccc5c(c4)C(C)(C)c4ccccc4-5)cc(C4(c5ccccc5)c5ccccc5-c5ccccc54)c3)cc21. The van der Waals surface area contributed by atoms with Gasteiger partial charge < -0.3 is 9.80 Å². The van der Waals surface area contributed by atoms with Gasteiger partial charge in [-0.05, 0) is 145 Å². The summed E-state index contributed by atoms with van der Waals surface area (Å²) in [5.74, 6) is 0. The molecule has 0 N–H and O–H groups in total. The Morgan fingerprint density at radius 1 is 0.232 bits per heavy atom. The summed E-state index contributed by atoms with van der Waals surface area (Å²) in [7, 11) is 0. The molecule has 0 unspecified atom stereocenters. The highest BCUT2D eigenvalue weighted by Crippen LogP contribution is 2.59. The van der Waals surface area contributed by atoms with E-state index < -0.39 is 5.41 Å². The molecule has 10 aromatic rings. The van der Waals surface area contributed by atoms with E-state index in [1.54, 1.807) is 0 Å². The molecule has 0 amide bonds. The number of anilines is 6. The molecule has 0 fully saturated rings. The molecule has 0 saturated carbocycles. The second kappa shape index (κ2) is 15.4. The van der Waals surface area contributed by atoms with Crippen LogP contribution in [0.2, 0.25) is 0 Å². The fraction of sp³-hybridized carbons (Fsp3) is 0.104. The zero-order valence-electron chi connectivity index (χ0n) is 39.5. The van der Waals surface area contributed by atoms with E-state index in [1.165, 1.54) is 77.9 Å². The molecule has 0 bridgehead atoms.